The summed E-state index contributed by atoms with van der Waals surface area (Å²) >= 11 is 0. The highest BCUT2D eigenvalue weighted by Crippen LogP contribution is 2.25. The second kappa shape index (κ2) is 5.37. The monoisotopic (exact) mass is 266 g/mol. The van der Waals surface area contributed by atoms with Crippen LogP contribution >= 0.6 is 0 Å². The van der Waals surface area contributed by atoms with Crippen LogP contribution in [0.15, 0.2) is 48.5 Å². The van der Waals surface area contributed by atoms with Crippen molar-refractivity contribution in [1.82, 2.24) is 9.55 Å². The van der Waals surface area contributed by atoms with E-state index in [1.165, 1.54) is 11.1 Å². The lowest BCUT2D eigenvalue weighted by Gasteiger charge is -2.09. The molecule has 0 saturated heterocycles. The minimum absolute atomic E-state index is 0.622. The molecular weight excluding hydrogens is 248 g/mol. The van der Waals surface area contributed by atoms with Crippen LogP contribution in [0.1, 0.15) is 18.1 Å². The molecule has 3 rings (SSSR count). The summed E-state index contributed by atoms with van der Waals surface area (Å²) < 4.78 is 7.84. The summed E-state index contributed by atoms with van der Waals surface area (Å²) in [7, 11) is 0. The van der Waals surface area contributed by atoms with Gasteiger partial charge in [0, 0.05) is 0 Å². The number of aromatic nitrogens is 2. The maximum absolute atomic E-state index is 5.70. The lowest BCUT2D eigenvalue weighted by Crippen LogP contribution is -2.04. The van der Waals surface area contributed by atoms with Gasteiger partial charge in [0.25, 0.3) is 6.01 Å². The summed E-state index contributed by atoms with van der Waals surface area (Å²) in [4.78, 5) is 4.64. The van der Waals surface area contributed by atoms with Gasteiger partial charge in [0.05, 0.1) is 24.2 Å². The van der Waals surface area contributed by atoms with E-state index in [9.17, 15) is 0 Å². The van der Waals surface area contributed by atoms with Crippen LogP contribution in [0.2, 0.25) is 0 Å². The smallest absolute Gasteiger partial charge is 0.297 e. The zero-order valence-corrected chi connectivity index (χ0v) is 11.8. The molecule has 20 heavy (non-hydrogen) atoms. The Labute approximate surface area is 118 Å². The number of nitrogens with zero attached hydrogens (tertiary/aromatic N) is 2. The second-order valence-electron chi connectivity index (χ2n) is 4.84. The van der Waals surface area contributed by atoms with Gasteiger partial charge in [-0.25, -0.2) is 0 Å². The molecule has 0 saturated carbocycles. The number of imidazole rings is 1. The van der Waals surface area contributed by atoms with Gasteiger partial charge in [0.1, 0.15) is 0 Å². The van der Waals surface area contributed by atoms with Gasteiger partial charge in [-0.15, -0.1) is 0 Å². The van der Waals surface area contributed by atoms with Gasteiger partial charge in [0.15, 0.2) is 0 Å². The first kappa shape index (κ1) is 12.7. The van der Waals surface area contributed by atoms with Crippen LogP contribution in [0.25, 0.3) is 11.0 Å². The average Bonchev–Trinajstić information content (AvgIpc) is 2.81. The first-order valence-corrected chi connectivity index (χ1v) is 6.92. The van der Waals surface area contributed by atoms with Gasteiger partial charge in [-0.05, 0) is 31.0 Å². The van der Waals surface area contributed by atoms with Crippen molar-refractivity contribution in [3.8, 4) is 6.01 Å². The molecule has 102 valence electrons. The normalized spacial score (nSPS) is 10.9. The molecule has 0 N–H and O–H groups in total. The molecule has 1 heterocycles. The number of para-hydroxylation sites is 1. The van der Waals surface area contributed by atoms with E-state index in [-0.39, 0.29) is 0 Å². The molecular formula is C17H18N2O. The topological polar surface area (TPSA) is 27.1 Å². The third-order valence-electron chi connectivity index (χ3n) is 3.40. The van der Waals surface area contributed by atoms with E-state index in [0.29, 0.717) is 12.6 Å². The molecule has 0 aliphatic carbocycles. The number of ether oxygens (including phenoxy) is 1. The minimum atomic E-state index is 0.622. The second-order valence-corrected chi connectivity index (χ2v) is 4.84. The number of benzene rings is 2. The van der Waals surface area contributed by atoms with Crippen molar-refractivity contribution in [3.63, 3.8) is 0 Å². The maximum atomic E-state index is 5.70. The first-order chi connectivity index (χ1) is 9.79. The van der Waals surface area contributed by atoms with Crippen molar-refractivity contribution in [1.29, 1.82) is 0 Å². The van der Waals surface area contributed by atoms with Crippen LogP contribution in [-0.4, -0.2) is 16.2 Å². The molecule has 2 aromatic carbocycles. The summed E-state index contributed by atoms with van der Waals surface area (Å²) in [6, 6.07) is 17.3. The van der Waals surface area contributed by atoms with Crippen LogP contribution in [0.3, 0.4) is 0 Å². The van der Waals surface area contributed by atoms with Crippen molar-refractivity contribution in [2.75, 3.05) is 6.61 Å². The SMILES string of the molecule is CCOc1nc2c(C)cccc2n1Cc1ccccc1. The Balaban J connectivity index is 2.12. The first-order valence-electron chi connectivity index (χ1n) is 6.92. The van der Waals surface area contributed by atoms with E-state index in [1.54, 1.807) is 0 Å². The highest BCUT2D eigenvalue weighted by atomic mass is 16.5. The van der Waals surface area contributed by atoms with Gasteiger partial charge in [-0.2, -0.15) is 4.98 Å². The predicted octanol–water partition coefficient (Wildman–Crippen LogP) is 3.79. The standard InChI is InChI=1S/C17H18N2O/c1-3-20-17-18-16-13(2)8-7-11-15(16)19(17)12-14-9-5-4-6-10-14/h4-11H,3,12H2,1-2H3. The zero-order valence-electron chi connectivity index (χ0n) is 11.8. The van der Waals surface area contributed by atoms with Gasteiger partial charge in [-0.1, -0.05) is 42.5 Å². The van der Waals surface area contributed by atoms with E-state index >= 15 is 0 Å². The van der Waals surface area contributed by atoms with Gasteiger partial charge >= 0.3 is 0 Å². The number of hydrogen-bond donors (Lipinski definition) is 0. The molecule has 3 aromatic rings. The van der Waals surface area contributed by atoms with E-state index in [1.807, 2.05) is 13.0 Å². The lowest BCUT2D eigenvalue weighted by atomic mass is 10.2. The highest BCUT2D eigenvalue weighted by molar-refractivity contribution is 5.80. The van der Waals surface area contributed by atoms with Crippen molar-refractivity contribution < 1.29 is 4.74 Å². The molecule has 0 spiro atoms. The number of rotatable bonds is 4. The molecule has 0 amide bonds. The minimum Gasteiger partial charge on any atom is -0.465 e. The van der Waals surface area contributed by atoms with Crippen molar-refractivity contribution in [3.05, 3.63) is 59.7 Å². The fourth-order valence-electron chi connectivity index (χ4n) is 2.42. The Hall–Kier alpha value is -2.29. The van der Waals surface area contributed by atoms with E-state index in [2.05, 4.69) is 58.9 Å². The third kappa shape index (κ3) is 2.27. The van der Waals surface area contributed by atoms with Crippen LogP contribution in [0, 0.1) is 6.92 Å². The molecule has 0 bridgehead atoms. The Kier molecular flexibility index (Phi) is 3.42. The molecule has 0 unspecified atom stereocenters. The number of hydrogen-bond acceptors (Lipinski definition) is 2. The van der Waals surface area contributed by atoms with E-state index < -0.39 is 0 Å². The molecule has 0 fully saturated rings. The quantitative estimate of drug-likeness (QED) is 0.718. The summed E-state index contributed by atoms with van der Waals surface area (Å²) in [5.41, 5.74) is 4.56. The molecule has 1 aromatic heterocycles. The molecule has 0 aliphatic rings. The predicted molar refractivity (Wildman–Crippen MR) is 81.2 cm³/mol. The largest absolute Gasteiger partial charge is 0.465 e. The summed E-state index contributed by atoms with van der Waals surface area (Å²) in [5.74, 6) is 0. The Bertz CT molecular complexity index is 716. The van der Waals surface area contributed by atoms with Crippen molar-refractivity contribution >= 4 is 11.0 Å². The van der Waals surface area contributed by atoms with Crippen molar-refractivity contribution in [2.24, 2.45) is 0 Å². The molecule has 0 atom stereocenters. The van der Waals surface area contributed by atoms with Crippen molar-refractivity contribution in [2.45, 2.75) is 20.4 Å². The average molecular weight is 266 g/mol. The fraction of sp³-hybridized carbons (Fsp3) is 0.235. The van der Waals surface area contributed by atoms with Gasteiger partial charge in [0.2, 0.25) is 0 Å². The summed E-state index contributed by atoms with van der Waals surface area (Å²) in [6.45, 7) is 5.46. The Morgan fingerprint density at radius 2 is 1.85 bits per heavy atom. The molecule has 3 nitrogen and oxygen atoms in total. The Morgan fingerprint density at radius 3 is 2.60 bits per heavy atom. The lowest BCUT2D eigenvalue weighted by molar-refractivity contribution is 0.301. The van der Waals surface area contributed by atoms with E-state index in [0.717, 1.165) is 17.6 Å². The van der Waals surface area contributed by atoms with Crippen LogP contribution in [-0.2, 0) is 6.54 Å². The molecule has 3 heteroatoms. The third-order valence-corrected chi connectivity index (χ3v) is 3.40. The summed E-state index contributed by atoms with van der Waals surface area (Å²) in [5, 5.41) is 0. The van der Waals surface area contributed by atoms with E-state index in [4.69, 9.17) is 4.74 Å². The molecule has 0 aliphatic heterocycles. The van der Waals surface area contributed by atoms with Gasteiger partial charge in [-0.3, -0.25) is 4.57 Å². The van der Waals surface area contributed by atoms with Gasteiger partial charge < -0.3 is 4.74 Å². The number of aryl methyl sites for hydroxylation is 1. The van der Waals surface area contributed by atoms with Crippen LogP contribution < -0.4 is 4.74 Å². The Morgan fingerprint density at radius 1 is 1.05 bits per heavy atom. The molecule has 0 radical (unpaired) electrons. The maximum Gasteiger partial charge on any atom is 0.297 e. The zero-order chi connectivity index (χ0) is 13.9. The summed E-state index contributed by atoms with van der Waals surface area (Å²) in [6.07, 6.45) is 0. The number of fused-ring (bicyclic) bond motifs is 1. The fourth-order valence-corrected chi connectivity index (χ4v) is 2.42. The van der Waals surface area contributed by atoms with Crippen LogP contribution in [0.5, 0.6) is 6.01 Å². The highest BCUT2D eigenvalue weighted by Gasteiger charge is 2.13. The van der Waals surface area contributed by atoms with Crippen LogP contribution in [0.4, 0.5) is 0 Å².